The van der Waals surface area contributed by atoms with Gasteiger partial charge in [-0.3, -0.25) is 0 Å². The molecule has 1 rings (SSSR count). The molecule has 3 heteroatoms. The maximum Gasteiger partial charge on any atom is 0.338 e. The van der Waals surface area contributed by atoms with E-state index < -0.39 is 0 Å². The molecule has 1 N–H and O–H groups in total. The zero-order chi connectivity index (χ0) is 11.8. The monoisotopic (exact) mass is 222 g/mol. The van der Waals surface area contributed by atoms with Gasteiger partial charge in [0.15, 0.2) is 0 Å². The molecule has 0 aliphatic carbocycles. The van der Waals surface area contributed by atoms with E-state index in [-0.39, 0.29) is 12.6 Å². The third-order valence-corrected chi connectivity index (χ3v) is 2.36. The van der Waals surface area contributed by atoms with Gasteiger partial charge in [0.25, 0.3) is 0 Å². The molecular formula is C13H18O3. The molecule has 0 amide bonds. The van der Waals surface area contributed by atoms with Crippen molar-refractivity contribution in [3.05, 3.63) is 35.9 Å². The van der Waals surface area contributed by atoms with Crippen molar-refractivity contribution in [1.82, 2.24) is 0 Å². The average Bonchev–Trinajstić information content (AvgIpc) is 2.34. The number of rotatable bonds is 6. The maximum absolute atomic E-state index is 11.6. The third kappa shape index (κ3) is 4.45. The van der Waals surface area contributed by atoms with Crippen LogP contribution in [0, 0.1) is 5.92 Å². The fraction of sp³-hybridized carbons (Fsp3) is 0.462. The molecule has 0 aliphatic rings. The molecule has 0 bridgehead atoms. The second kappa shape index (κ2) is 7.01. The van der Waals surface area contributed by atoms with E-state index in [1.807, 2.05) is 25.1 Å². The van der Waals surface area contributed by atoms with Crippen LogP contribution in [0.15, 0.2) is 30.3 Å². The first-order valence-electron chi connectivity index (χ1n) is 5.57. The van der Waals surface area contributed by atoms with Crippen molar-refractivity contribution >= 4 is 5.97 Å². The van der Waals surface area contributed by atoms with Crippen molar-refractivity contribution in [2.45, 2.75) is 19.8 Å². The summed E-state index contributed by atoms with van der Waals surface area (Å²) in [5, 5.41) is 8.66. The molecule has 0 heterocycles. The molecule has 1 aromatic carbocycles. The minimum absolute atomic E-state index is 0.191. The van der Waals surface area contributed by atoms with Gasteiger partial charge >= 0.3 is 5.97 Å². The number of benzene rings is 1. The molecule has 0 aliphatic heterocycles. The van der Waals surface area contributed by atoms with Crippen LogP contribution in [0.1, 0.15) is 30.1 Å². The molecule has 88 valence electrons. The lowest BCUT2D eigenvalue weighted by atomic mass is 10.1. The number of carbonyl (C=O) groups is 1. The van der Waals surface area contributed by atoms with Gasteiger partial charge in [-0.1, -0.05) is 25.1 Å². The first-order valence-corrected chi connectivity index (χ1v) is 5.57. The Kier molecular flexibility index (Phi) is 5.57. The Bertz CT molecular complexity index is 308. The molecule has 0 saturated carbocycles. The summed E-state index contributed by atoms with van der Waals surface area (Å²) in [6.45, 7) is 2.61. The number of aliphatic hydroxyl groups is 1. The van der Waals surface area contributed by atoms with Crippen molar-refractivity contribution in [1.29, 1.82) is 0 Å². The van der Waals surface area contributed by atoms with Gasteiger partial charge in [-0.25, -0.2) is 4.79 Å². The molecule has 1 aromatic rings. The van der Waals surface area contributed by atoms with Crippen LogP contribution < -0.4 is 0 Å². The Morgan fingerprint density at radius 3 is 2.69 bits per heavy atom. The van der Waals surface area contributed by atoms with Crippen LogP contribution in [0.25, 0.3) is 0 Å². The molecule has 0 fully saturated rings. The minimum atomic E-state index is -0.281. The van der Waals surface area contributed by atoms with Crippen LogP contribution >= 0.6 is 0 Å². The van der Waals surface area contributed by atoms with Crippen LogP contribution in [-0.2, 0) is 4.74 Å². The van der Waals surface area contributed by atoms with Gasteiger partial charge in [-0.05, 0) is 30.9 Å². The smallest absolute Gasteiger partial charge is 0.338 e. The Balaban J connectivity index is 2.30. The molecule has 16 heavy (non-hydrogen) atoms. The van der Waals surface area contributed by atoms with Crippen molar-refractivity contribution in [3.8, 4) is 0 Å². The number of hydrogen-bond donors (Lipinski definition) is 1. The van der Waals surface area contributed by atoms with Gasteiger partial charge in [0.05, 0.1) is 12.2 Å². The van der Waals surface area contributed by atoms with Crippen LogP contribution in [0.3, 0.4) is 0 Å². The lowest BCUT2D eigenvalue weighted by Crippen LogP contribution is -2.12. The fourth-order valence-electron chi connectivity index (χ4n) is 1.40. The lowest BCUT2D eigenvalue weighted by Gasteiger charge is -2.11. The normalized spacial score (nSPS) is 12.1. The molecule has 3 nitrogen and oxygen atoms in total. The summed E-state index contributed by atoms with van der Waals surface area (Å²) in [6.07, 6.45) is 1.63. The first-order chi connectivity index (χ1) is 7.74. The van der Waals surface area contributed by atoms with Gasteiger partial charge in [0, 0.05) is 6.61 Å². The minimum Gasteiger partial charge on any atom is -0.462 e. The van der Waals surface area contributed by atoms with Gasteiger partial charge < -0.3 is 9.84 Å². The van der Waals surface area contributed by atoms with E-state index in [4.69, 9.17) is 9.84 Å². The molecule has 0 aromatic heterocycles. The molecule has 0 saturated heterocycles. The average molecular weight is 222 g/mol. The molecular weight excluding hydrogens is 204 g/mol. The van der Waals surface area contributed by atoms with Gasteiger partial charge in [0.2, 0.25) is 0 Å². The summed E-state index contributed by atoms with van der Waals surface area (Å²) >= 11 is 0. The highest BCUT2D eigenvalue weighted by Crippen LogP contribution is 2.08. The van der Waals surface area contributed by atoms with Gasteiger partial charge in [-0.2, -0.15) is 0 Å². The Labute approximate surface area is 96.1 Å². The zero-order valence-electron chi connectivity index (χ0n) is 9.56. The molecule has 1 atom stereocenters. The van der Waals surface area contributed by atoms with E-state index in [2.05, 4.69) is 0 Å². The standard InChI is InChI=1S/C13H18O3/c1-11(6-5-9-14)10-16-13(15)12-7-3-2-4-8-12/h2-4,7-8,11,14H,5-6,9-10H2,1H3/t11-/m0/s1. The summed E-state index contributed by atoms with van der Waals surface area (Å²) < 4.78 is 5.17. The Morgan fingerprint density at radius 1 is 1.38 bits per heavy atom. The quantitative estimate of drug-likeness (QED) is 0.751. The fourth-order valence-corrected chi connectivity index (χ4v) is 1.40. The summed E-state index contributed by atoms with van der Waals surface area (Å²) in [5.74, 6) is 0.0104. The zero-order valence-corrected chi connectivity index (χ0v) is 9.56. The van der Waals surface area contributed by atoms with E-state index in [1.54, 1.807) is 12.1 Å². The van der Waals surface area contributed by atoms with Crippen LogP contribution in [0.2, 0.25) is 0 Å². The van der Waals surface area contributed by atoms with Crippen molar-refractivity contribution in [2.24, 2.45) is 5.92 Å². The van der Waals surface area contributed by atoms with E-state index in [0.717, 1.165) is 12.8 Å². The van der Waals surface area contributed by atoms with Crippen LogP contribution in [0.4, 0.5) is 0 Å². The molecule has 0 unspecified atom stereocenters. The highest BCUT2D eigenvalue weighted by atomic mass is 16.5. The SMILES string of the molecule is C[C@@H](CCCO)COC(=O)c1ccccc1. The van der Waals surface area contributed by atoms with E-state index in [1.165, 1.54) is 0 Å². The second-order valence-corrected chi connectivity index (χ2v) is 3.94. The Hall–Kier alpha value is -1.35. The summed E-state index contributed by atoms with van der Waals surface area (Å²) in [6, 6.07) is 8.96. The van der Waals surface area contributed by atoms with E-state index in [0.29, 0.717) is 18.1 Å². The Morgan fingerprint density at radius 2 is 2.06 bits per heavy atom. The van der Waals surface area contributed by atoms with Gasteiger partial charge in [0.1, 0.15) is 0 Å². The van der Waals surface area contributed by atoms with Crippen molar-refractivity contribution in [3.63, 3.8) is 0 Å². The summed E-state index contributed by atoms with van der Waals surface area (Å²) in [4.78, 5) is 11.6. The predicted octanol–water partition coefficient (Wildman–Crippen LogP) is 2.25. The maximum atomic E-state index is 11.6. The van der Waals surface area contributed by atoms with E-state index >= 15 is 0 Å². The predicted molar refractivity (Wildman–Crippen MR) is 62.2 cm³/mol. The van der Waals surface area contributed by atoms with Crippen molar-refractivity contribution < 1.29 is 14.6 Å². The number of carbonyl (C=O) groups excluding carboxylic acids is 1. The summed E-state index contributed by atoms with van der Waals surface area (Å²) in [7, 11) is 0. The number of hydrogen-bond acceptors (Lipinski definition) is 3. The lowest BCUT2D eigenvalue weighted by molar-refractivity contribution is 0.0440. The van der Waals surface area contributed by atoms with Crippen LogP contribution in [-0.4, -0.2) is 24.3 Å². The van der Waals surface area contributed by atoms with Gasteiger partial charge in [-0.15, -0.1) is 0 Å². The number of ether oxygens (including phenoxy) is 1. The topological polar surface area (TPSA) is 46.5 Å². The third-order valence-electron chi connectivity index (χ3n) is 2.36. The summed E-state index contributed by atoms with van der Waals surface area (Å²) in [5.41, 5.74) is 0.580. The number of esters is 1. The first kappa shape index (κ1) is 12.7. The number of aliphatic hydroxyl groups excluding tert-OH is 1. The van der Waals surface area contributed by atoms with E-state index in [9.17, 15) is 4.79 Å². The van der Waals surface area contributed by atoms with Crippen LogP contribution in [0.5, 0.6) is 0 Å². The molecule has 0 radical (unpaired) electrons. The highest BCUT2D eigenvalue weighted by molar-refractivity contribution is 5.89. The second-order valence-electron chi connectivity index (χ2n) is 3.94. The molecule has 0 spiro atoms. The van der Waals surface area contributed by atoms with Crippen molar-refractivity contribution in [2.75, 3.05) is 13.2 Å². The highest BCUT2D eigenvalue weighted by Gasteiger charge is 2.08. The largest absolute Gasteiger partial charge is 0.462 e.